The molecule has 0 bridgehead atoms. The van der Waals surface area contributed by atoms with Crippen LogP contribution in [-0.4, -0.2) is 57.3 Å². The van der Waals surface area contributed by atoms with Crippen LogP contribution in [-0.2, 0) is 6.54 Å². The fourth-order valence-corrected chi connectivity index (χ4v) is 3.36. The number of hydrogen-bond acceptors (Lipinski definition) is 4. The summed E-state index contributed by atoms with van der Waals surface area (Å²) in [5.41, 5.74) is 0.548. The van der Waals surface area contributed by atoms with Crippen molar-refractivity contribution in [3.8, 4) is 11.5 Å². The normalized spacial score (nSPS) is 17.8. The molecular formula is C20H32F2N4O2. The molecule has 1 heterocycles. The lowest BCUT2D eigenvalue weighted by atomic mass is 10.1. The summed E-state index contributed by atoms with van der Waals surface area (Å²) in [6.07, 6.45) is 2.35. The Hall–Kier alpha value is -2.09. The predicted octanol–water partition coefficient (Wildman–Crippen LogP) is 3.08. The third-order valence-electron chi connectivity index (χ3n) is 4.70. The summed E-state index contributed by atoms with van der Waals surface area (Å²) >= 11 is 0. The maximum atomic E-state index is 12.7. The minimum atomic E-state index is -2.88. The lowest BCUT2D eigenvalue weighted by molar-refractivity contribution is -0.0504. The number of benzene rings is 1. The van der Waals surface area contributed by atoms with Gasteiger partial charge in [0, 0.05) is 25.2 Å². The Kier molecular flexibility index (Phi) is 9.27. The first-order valence-corrected chi connectivity index (χ1v) is 9.91. The van der Waals surface area contributed by atoms with Crippen molar-refractivity contribution in [1.29, 1.82) is 0 Å². The highest BCUT2D eigenvalue weighted by Gasteiger charge is 2.21. The van der Waals surface area contributed by atoms with Crippen molar-refractivity contribution in [3.63, 3.8) is 0 Å². The van der Waals surface area contributed by atoms with E-state index in [0.29, 0.717) is 23.2 Å². The van der Waals surface area contributed by atoms with Crippen LogP contribution in [0.2, 0.25) is 0 Å². The Morgan fingerprint density at radius 2 is 2.14 bits per heavy atom. The molecule has 0 aliphatic carbocycles. The molecule has 0 radical (unpaired) electrons. The number of halogens is 2. The molecule has 6 nitrogen and oxygen atoms in total. The third-order valence-corrected chi connectivity index (χ3v) is 4.70. The van der Waals surface area contributed by atoms with Crippen LogP contribution in [0.3, 0.4) is 0 Å². The maximum Gasteiger partial charge on any atom is 0.387 e. The van der Waals surface area contributed by atoms with Crippen LogP contribution in [0, 0.1) is 5.92 Å². The second-order valence-electron chi connectivity index (χ2n) is 6.88. The highest BCUT2D eigenvalue weighted by molar-refractivity contribution is 5.79. The highest BCUT2D eigenvalue weighted by Crippen LogP contribution is 2.26. The summed E-state index contributed by atoms with van der Waals surface area (Å²) in [5.74, 6) is 1.94. The molecule has 158 valence electrons. The van der Waals surface area contributed by atoms with E-state index in [4.69, 9.17) is 4.74 Å². The molecular weight excluding hydrogens is 366 g/mol. The Morgan fingerprint density at radius 3 is 2.82 bits per heavy atom. The molecule has 0 spiro atoms. The predicted molar refractivity (Wildman–Crippen MR) is 107 cm³/mol. The number of likely N-dealkylation sites (tertiary alicyclic amines) is 1. The van der Waals surface area contributed by atoms with E-state index >= 15 is 0 Å². The van der Waals surface area contributed by atoms with Gasteiger partial charge in [-0.15, -0.1) is 0 Å². The van der Waals surface area contributed by atoms with Gasteiger partial charge in [-0.05, 0) is 57.0 Å². The fourth-order valence-electron chi connectivity index (χ4n) is 3.36. The zero-order valence-corrected chi connectivity index (χ0v) is 17.0. The van der Waals surface area contributed by atoms with Crippen LogP contribution in [0.15, 0.2) is 23.2 Å². The van der Waals surface area contributed by atoms with Crippen LogP contribution >= 0.6 is 0 Å². The number of hydrogen-bond donors (Lipinski definition) is 2. The fraction of sp³-hybridized carbons (Fsp3) is 0.650. The molecule has 2 N–H and O–H groups in total. The van der Waals surface area contributed by atoms with Gasteiger partial charge in [0.1, 0.15) is 11.5 Å². The Labute approximate surface area is 166 Å². The second kappa shape index (κ2) is 11.7. The van der Waals surface area contributed by atoms with Gasteiger partial charge in [0.05, 0.1) is 13.7 Å². The number of alkyl halides is 2. The molecule has 0 aromatic heterocycles. The van der Waals surface area contributed by atoms with Crippen molar-refractivity contribution >= 4 is 5.96 Å². The molecule has 1 aliphatic heterocycles. The molecule has 0 amide bonds. The smallest absolute Gasteiger partial charge is 0.387 e. The van der Waals surface area contributed by atoms with E-state index in [-0.39, 0.29) is 12.3 Å². The molecule has 28 heavy (non-hydrogen) atoms. The Morgan fingerprint density at radius 1 is 1.32 bits per heavy atom. The lowest BCUT2D eigenvalue weighted by Gasteiger charge is -2.17. The molecule has 1 saturated heterocycles. The standard InChI is InChI=1S/C20H32F2N4O2/c1-4-9-26-10-8-15(14-26)12-24-20(23-5-2)25-13-16-11-17(27-3)6-7-18(16)28-19(21)22/h6-7,11,15,19H,4-5,8-10,12-14H2,1-3H3,(H2,23,24,25). The summed E-state index contributed by atoms with van der Waals surface area (Å²) in [6, 6.07) is 4.75. The summed E-state index contributed by atoms with van der Waals surface area (Å²) < 4.78 is 35.1. The summed E-state index contributed by atoms with van der Waals surface area (Å²) in [6.45, 7) is 6.47. The average molecular weight is 398 g/mol. The number of aliphatic imine (C=N–C) groups is 1. The topological polar surface area (TPSA) is 58.1 Å². The van der Waals surface area contributed by atoms with Crippen LogP contribution in [0.5, 0.6) is 11.5 Å². The second-order valence-corrected chi connectivity index (χ2v) is 6.88. The molecule has 1 aromatic carbocycles. The Bertz CT molecular complexity index is 628. The third kappa shape index (κ3) is 7.14. The summed E-state index contributed by atoms with van der Waals surface area (Å²) in [7, 11) is 1.53. The lowest BCUT2D eigenvalue weighted by Crippen LogP contribution is -2.40. The maximum absolute atomic E-state index is 12.7. The quantitative estimate of drug-likeness (QED) is 0.469. The molecule has 1 atom stereocenters. The summed E-state index contributed by atoms with van der Waals surface area (Å²) in [5, 5.41) is 6.58. The van der Waals surface area contributed by atoms with Crippen molar-refractivity contribution in [2.45, 2.75) is 39.8 Å². The van der Waals surface area contributed by atoms with Crippen molar-refractivity contribution in [1.82, 2.24) is 15.5 Å². The van der Waals surface area contributed by atoms with E-state index in [0.717, 1.165) is 32.7 Å². The van der Waals surface area contributed by atoms with Crippen LogP contribution in [0.25, 0.3) is 0 Å². The molecule has 0 saturated carbocycles. The van der Waals surface area contributed by atoms with Crippen molar-refractivity contribution in [2.24, 2.45) is 10.9 Å². The zero-order chi connectivity index (χ0) is 20.4. The van der Waals surface area contributed by atoms with Gasteiger partial charge in [-0.2, -0.15) is 8.78 Å². The van der Waals surface area contributed by atoms with Crippen molar-refractivity contribution < 1.29 is 18.3 Å². The van der Waals surface area contributed by atoms with Gasteiger partial charge in [-0.25, -0.2) is 4.99 Å². The number of guanidine groups is 1. The number of nitrogens with zero attached hydrogens (tertiary/aromatic N) is 2. The first-order valence-electron chi connectivity index (χ1n) is 9.91. The number of nitrogens with one attached hydrogen (secondary N) is 2. The Balaban J connectivity index is 1.99. The van der Waals surface area contributed by atoms with Gasteiger partial charge in [0.15, 0.2) is 5.96 Å². The molecule has 8 heteroatoms. The van der Waals surface area contributed by atoms with E-state index in [1.165, 1.54) is 26.0 Å². The molecule has 1 aromatic rings. The SMILES string of the molecule is CCCN1CCC(CNC(=NCc2cc(OC)ccc2OC(F)F)NCC)C1. The van der Waals surface area contributed by atoms with Crippen LogP contribution in [0.4, 0.5) is 8.78 Å². The van der Waals surface area contributed by atoms with E-state index < -0.39 is 6.61 Å². The van der Waals surface area contributed by atoms with Gasteiger partial charge in [0.2, 0.25) is 0 Å². The van der Waals surface area contributed by atoms with Gasteiger partial charge in [-0.1, -0.05) is 6.92 Å². The molecule has 1 aliphatic rings. The number of methoxy groups -OCH3 is 1. The van der Waals surface area contributed by atoms with E-state index in [1.54, 1.807) is 12.1 Å². The van der Waals surface area contributed by atoms with Gasteiger partial charge in [-0.3, -0.25) is 0 Å². The largest absolute Gasteiger partial charge is 0.497 e. The van der Waals surface area contributed by atoms with Gasteiger partial charge < -0.3 is 25.0 Å². The van der Waals surface area contributed by atoms with E-state index in [1.807, 2.05) is 6.92 Å². The zero-order valence-electron chi connectivity index (χ0n) is 17.0. The van der Waals surface area contributed by atoms with Crippen LogP contribution < -0.4 is 20.1 Å². The first kappa shape index (κ1) is 22.2. The minimum Gasteiger partial charge on any atom is -0.497 e. The van der Waals surface area contributed by atoms with E-state index in [9.17, 15) is 8.78 Å². The highest BCUT2D eigenvalue weighted by atomic mass is 19.3. The van der Waals surface area contributed by atoms with Crippen molar-refractivity contribution in [2.75, 3.05) is 39.8 Å². The molecule has 1 unspecified atom stereocenters. The first-order chi connectivity index (χ1) is 13.5. The van der Waals surface area contributed by atoms with Gasteiger partial charge in [0.25, 0.3) is 0 Å². The van der Waals surface area contributed by atoms with Crippen LogP contribution in [0.1, 0.15) is 32.3 Å². The van der Waals surface area contributed by atoms with E-state index in [2.05, 4.69) is 32.2 Å². The average Bonchev–Trinajstić information content (AvgIpc) is 3.12. The number of rotatable bonds is 10. The molecule has 1 fully saturated rings. The molecule has 2 rings (SSSR count). The van der Waals surface area contributed by atoms with Gasteiger partial charge >= 0.3 is 6.61 Å². The monoisotopic (exact) mass is 398 g/mol. The number of ether oxygens (including phenoxy) is 2. The van der Waals surface area contributed by atoms with Crippen molar-refractivity contribution in [3.05, 3.63) is 23.8 Å². The minimum absolute atomic E-state index is 0.112. The summed E-state index contributed by atoms with van der Waals surface area (Å²) in [4.78, 5) is 7.03.